The fourth-order valence-electron chi connectivity index (χ4n) is 2.99. The summed E-state index contributed by atoms with van der Waals surface area (Å²) in [5, 5.41) is 0. The SMILES string of the molecule is Cc1nc2ccc(C(=O)N3CCN(C(C)C)CC3)cc2nc1C. The summed E-state index contributed by atoms with van der Waals surface area (Å²) in [4.78, 5) is 26.2. The van der Waals surface area contributed by atoms with Gasteiger partial charge in [0.25, 0.3) is 5.91 Å². The number of carbonyl (C=O) groups is 1. The monoisotopic (exact) mass is 312 g/mol. The van der Waals surface area contributed by atoms with E-state index in [0.717, 1.165) is 48.6 Å². The van der Waals surface area contributed by atoms with Crippen molar-refractivity contribution in [2.75, 3.05) is 26.2 Å². The number of piperazine rings is 1. The van der Waals surface area contributed by atoms with Gasteiger partial charge in [-0.2, -0.15) is 0 Å². The average molecular weight is 312 g/mol. The molecule has 1 amide bonds. The Kier molecular flexibility index (Phi) is 4.31. The van der Waals surface area contributed by atoms with Gasteiger partial charge in [-0.05, 0) is 45.9 Å². The van der Waals surface area contributed by atoms with Crippen LogP contribution in [0.25, 0.3) is 11.0 Å². The molecule has 0 bridgehead atoms. The molecule has 1 aromatic carbocycles. The van der Waals surface area contributed by atoms with E-state index >= 15 is 0 Å². The van der Waals surface area contributed by atoms with E-state index in [-0.39, 0.29) is 5.91 Å². The lowest BCUT2D eigenvalue weighted by Gasteiger charge is -2.37. The van der Waals surface area contributed by atoms with Gasteiger partial charge in [-0.25, -0.2) is 9.97 Å². The first-order chi connectivity index (χ1) is 11.0. The predicted octanol–water partition coefficient (Wildman–Crippen LogP) is 2.41. The number of nitrogens with zero attached hydrogens (tertiary/aromatic N) is 4. The Bertz CT molecular complexity index is 733. The maximum Gasteiger partial charge on any atom is 0.254 e. The molecule has 0 spiro atoms. The second-order valence-electron chi connectivity index (χ2n) is 6.52. The van der Waals surface area contributed by atoms with E-state index < -0.39 is 0 Å². The molecule has 0 radical (unpaired) electrons. The van der Waals surface area contributed by atoms with Crippen molar-refractivity contribution in [2.24, 2.45) is 0 Å². The van der Waals surface area contributed by atoms with Crippen LogP contribution in [0, 0.1) is 13.8 Å². The molecule has 1 aliphatic rings. The Morgan fingerprint density at radius 3 is 2.22 bits per heavy atom. The fraction of sp³-hybridized carbons (Fsp3) is 0.500. The van der Waals surface area contributed by atoms with E-state index in [2.05, 4.69) is 28.7 Å². The van der Waals surface area contributed by atoms with E-state index in [1.165, 1.54) is 0 Å². The number of carbonyl (C=O) groups excluding carboxylic acids is 1. The highest BCUT2D eigenvalue weighted by Gasteiger charge is 2.23. The van der Waals surface area contributed by atoms with Crippen LogP contribution >= 0.6 is 0 Å². The zero-order valence-corrected chi connectivity index (χ0v) is 14.3. The number of benzene rings is 1. The molecule has 2 heterocycles. The van der Waals surface area contributed by atoms with Crippen molar-refractivity contribution < 1.29 is 4.79 Å². The zero-order chi connectivity index (χ0) is 16.6. The highest BCUT2D eigenvalue weighted by molar-refractivity contribution is 5.97. The van der Waals surface area contributed by atoms with Crippen LogP contribution in [0.2, 0.25) is 0 Å². The van der Waals surface area contributed by atoms with Gasteiger partial charge in [-0.1, -0.05) is 0 Å². The normalized spacial score (nSPS) is 16.3. The molecule has 23 heavy (non-hydrogen) atoms. The molecule has 1 saturated heterocycles. The minimum absolute atomic E-state index is 0.0929. The van der Waals surface area contributed by atoms with Gasteiger partial charge in [0.05, 0.1) is 22.4 Å². The smallest absolute Gasteiger partial charge is 0.254 e. The summed E-state index contributed by atoms with van der Waals surface area (Å²) in [5.74, 6) is 0.0929. The average Bonchev–Trinajstić information content (AvgIpc) is 2.55. The molecule has 0 atom stereocenters. The summed E-state index contributed by atoms with van der Waals surface area (Å²) >= 11 is 0. The molecule has 0 N–H and O–H groups in total. The number of amides is 1. The lowest BCUT2D eigenvalue weighted by Crippen LogP contribution is -2.50. The lowest BCUT2D eigenvalue weighted by molar-refractivity contribution is 0.0595. The Labute approximate surface area is 137 Å². The second-order valence-corrected chi connectivity index (χ2v) is 6.52. The van der Waals surface area contributed by atoms with Gasteiger partial charge in [0.15, 0.2) is 0 Å². The highest BCUT2D eigenvalue weighted by Crippen LogP contribution is 2.17. The zero-order valence-electron chi connectivity index (χ0n) is 14.3. The van der Waals surface area contributed by atoms with Crippen LogP contribution in [-0.2, 0) is 0 Å². The first-order valence-electron chi connectivity index (χ1n) is 8.24. The predicted molar refractivity (Wildman–Crippen MR) is 91.6 cm³/mol. The van der Waals surface area contributed by atoms with Crippen molar-refractivity contribution >= 4 is 16.9 Å². The highest BCUT2D eigenvalue weighted by atomic mass is 16.2. The van der Waals surface area contributed by atoms with Crippen molar-refractivity contribution in [1.29, 1.82) is 0 Å². The standard InChI is InChI=1S/C18H24N4O/c1-12(2)21-7-9-22(10-8-21)18(23)15-5-6-16-17(11-15)20-14(4)13(3)19-16/h5-6,11-12H,7-10H2,1-4H3. The minimum Gasteiger partial charge on any atom is -0.336 e. The molecule has 1 aliphatic heterocycles. The largest absolute Gasteiger partial charge is 0.336 e. The molecule has 0 unspecified atom stereocenters. The van der Waals surface area contributed by atoms with Crippen molar-refractivity contribution in [1.82, 2.24) is 19.8 Å². The van der Waals surface area contributed by atoms with E-state index in [1.54, 1.807) is 0 Å². The van der Waals surface area contributed by atoms with Gasteiger partial charge in [-0.15, -0.1) is 0 Å². The quantitative estimate of drug-likeness (QED) is 0.854. The summed E-state index contributed by atoms with van der Waals surface area (Å²) in [6, 6.07) is 6.16. The molecule has 2 aromatic rings. The molecular formula is C18H24N4O. The summed E-state index contributed by atoms with van der Waals surface area (Å²) in [5.41, 5.74) is 4.18. The van der Waals surface area contributed by atoms with E-state index in [0.29, 0.717) is 11.6 Å². The number of aromatic nitrogens is 2. The van der Waals surface area contributed by atoms with Gasteiger partial charge in [0.2, 0.25) is 0 Å². The lowest BCUT2D eigenvalue weighted by atomic mass is 10.1. The molecule has 0 saturated carbocycles. The van der Waals surface area contributed by atoms with Crippen LogP contribution in [0.4, 0.5) is 0 Å². The minimum atomic E-state index is 0.0929. The Morgan fingerprint density at radius 1 is 1.00 bits per heavy atom. The molecule has 3 rings (SSSR count). The molecule has 1 aromatic heterocycles. The van der Waals surface area contributed by atoms with Crippen LogP contribution in [0.15, 0.2) is 18.2 Å². The van der Waals surface area contributed by atoms with Crippen molar-refractivity contribution in [3.63, 3.8) is 0 Å². The molecule has 5 nitrogen and oxygen atoms in total. The maximum atomic E-state index is 12.7. The first-order valence-corrected chi connectivity index (χ1v) is 8.24. The van der Waals surface area contributed by atoms with Crippen molar-refractivity contribution in [3.8, 4) is 0 Å². The van der Waals surface area contributed by atoms with Crippen LogP contribution in [0.3, 0.4) is 0 Å². The Morgan fingerprint density at radius 2 is 1.61 bits per heavy atom. The number of hydrogen-bond acceptors (Lipinski definition) is 4. The topological polar surface area (TPSA) is 49.3 Å². The Hall–Kier alpha value is -2.01. The van der Waals surface area contributed by atoms with Crippen LogP contribution in [0.1, 0.15) is 35.6 Å². The van der Waals surface area contributed by atoms with Gasteiger partial charge >= 0.3 is 0 Å². The third-order valence-electron chi connectivity index (χ3n) is 4.65. The third kappa shape index (κ3) is 3.20. The molecule has 122 valence electrons. The molecule has 1 fully saturated rings. The van der Waals surface area contributed by atoms with Gasteiger partial charge in [0.1, 0.15) is 0 Å². The fourth-order valence-corrected chi connectivity index (χ4v) is 2.99. The Balaban J connectivity index is 1.80. The summed E-state index contributed by atoms with van der Waals surface area (Å²) in [6.45, 7) is 11.7. The number of aryl methyl sites for hydroxylation is 2. The van der Waals surface area contributed by atoms with Crippen molar-refractivity contribution in [3.05, 3.63) is 35.2 Å². The second kappa shape index (κ2) is 6.24. The first kappa shape index (κ1) is 15.9. The van der Waals surface area contributed by atoms with Crippen LogP contribution in [0.5, 0.6) is 0 Å². The summed E-state index contributed by atoms with van der Waals surface area (Å²) in [6.07, 6.45) is 0. The van der Waals surface area contributed by atoms with E-state index in [1.807, 2.05) is 36.9 Å². The third-order valence-corrected chi connectivity index (χ3v) is 4.65. The summed E-state index contributed by atoms with van der Waals surface area (Å²) in [7, 11) is 0. The van der Waals surface area contributed by atoms with Crippen LogP contribution in [-0.4, -0.2) is 57.9 Å². The molecular weight excluding hydrogens is 288 g/mol. The van der Waals surface area contributed by atoms with Gasteiger partial charge < -0.3 is 4.90 Å². The van der Waals surface area contributed by atoms with Crippen LogP contribution < -0.4 is 0 Å². The molecule has 0 aliphatic carbocycles. The van der Waals surface area contributed by atoms with Gasteiger partial charge in [-0.3, -0.25) is 9.69 Å². The van der Waals surface area contributed by atoms with E-state index in [9.17, 15) is 4.79 Å². The number of fused-ring (bicyclic) bond motifs is 1. The maximum absolute atomic E-state index is 12.7. The van der Waals surface area contributed by atoms with Crippen molar-refractivity contribution in [2.45, 2.75) is 33.7 Å². The number of rotatable bonds is 2. The molecule has 5 heteroatoms. The van der Waals surface area contributed by atoms with Gasteiger partial charge in [0, 0.05) is 37.8 Å². The summed E-state index contributed by atoms with van der Waals surface area (Å²) < 4.78 is 0. The number of hydrogen-bond donors (Lipinski definition) is 0. The van der Waals surface area contributed by atoms with E-state index in [4.69, 9.17) is 0 Å².